The highest BCUT2D eigenvalue weighted by atomic mass is 32.1. The van der Waals surface area contributed by atoms with Crippen molar-refractivity contribution in [3.05, 3.63) is 92.5 Å². The summed E-state index contributed by atoms with van der Waals surface area (Å²) in [5, 5.41) is 37.9. The summed E-state index contributed by atoms with van der Waals surface area (Å²) in [5.41, 5.74) is 1.84. The monoisotopic (exact) mass is 496 g/mol. The minimum absolute atomic E-state index is 0.129. The third-order valence-electron chi connectivity index (χ3n) is 4.29. The summed E-state index contributed by atoms with van der Waals surface area (Å²) in [6.45, 7) is 7.90. The number of aromatic nitrogens is 2. The second-order valence-corrected chi connectivity index (χ2v) is 8.24. The zero-order chi connectivity index (χ0) is 24.5. The van der Waals surface area contributed by atoms with E-state index in [2.05, 4.69) is 33.6 Å². The van der Waals surface area contributed by atoms with Gasteiger partial charge in [-0.25, -0.2) is 9.59 Å². The first-order chi connectivity index (χ1) is 16.4. The van der Waals surface area contributed by atoms with E-state index in [1.807, 2.05) is 24.3 Å². The molecule has 2 aromatic heterocycles. The van der Waals surface area contributed by atoms with Crippen LogP contribution >= 0.6 is 22.7 Å². The largest absolute Gasteiger partial charge is 0.477 e. The average Bonchev–Trinajstić information content (AvgIpc) is 3.40. The van der Waals surface area contributed by atoms with Crippen LogP contribution in [0, 0.1) is 0 Å². The third-order valence-corrected chi connectivity index (χ3v) is 6.00. The zero-order valence-corrected chi connectivity index (χ0v) is 19.4. The van der Waals surface area contributed by atoms with Crippen molar-refractivity contribution < 1.29 is 19.8 Å². The number of benzene rings is 1. The van der Waals surface area contributed by atoms with Crippen molar-refractivity contribution in [2.75, 3.05) is 0 Å². The molecule has 0 saturated heterocycles. The SMILES string of the molecule is C=CCn1c(C(=O)O)cs/c1=N\N=C\c1ccc(/C=N/N=c2\scc(C(=O)O)n2CC=C)cc1. The van der Waals surface area contributed by atoms with E-state index in [0.717, 1.165) is 11.1 Å². The van der Waals surface area contributed by atoms with Gasteiger partial charge in [-0.3, -0.25) is 0 Å². The number of carboxylic acid groups (broad SMARTS) is 2. The van der Waals surface area contributed by atoms with E-state index in [-0.39, 0.29) is 11.4 Å². The van der Waals surface area contributed by atoms with E-state index in [1.165, 1.54) is 42.6 Å². The summed E-state index contributed by atoms with van der Waals surface area (Å²) in [6.07, 6.45) is 6.30. The molecule has 0 saturated carbocycles. The minimum Gasteiger partial charge on any atom is -0.477 e. The van der Waals surface area contributed by atoms with Crippen LogP contribution in [0.4, 0.5) is 0 Å². The number of hydrogen-bond donors (Lipinski definition) is 2. The Balaban J connectivity index is 1.74. The molecule has 0 unspecified atom stereocenters. The van der Waals surface area contributed by atoms with Crippen LogP contribution in [0.25, 0.3) is 0 Å². The van der Waals surface area contributed by atoms with Gasteiger partial charge in [0.2, 0.25) is 9.60 Å². The van der Waals surface area contributed by atoms with Crippen molar-refractivity contribution >= 4 is 47.0 Å². The van der Waals surface area contributed by atoms with Crippen molar-refractivity contribution in [2.24, 2.45) is 20.4 Å². The lowest BCUT2D eigenvalue weighted by Gasteiger charge is -2.00. The number of carboxylic acids is 2. The first-order valence-corrected chi connectivity index (χ1v) is 11.5. The first kappa shape index (κ1) is 24.5. The fraction of sp³-hybridized carbons (Fsp3) is 0.0909. The predicted molar refractivity (Wildman–Crippen MR) is 132 cm³/mol. The molecule has 0 aliphatic heterocycles. The molecule has 1 aromatic carbocycles. The lowest BCUT2D eigenvalue weighted by Crippen LogP contribution is -2.19. The standard InChI is InChI=1S/C22H20N6O4S2/c1-3-9-27-17(19(29)30)13-33-21(27)25-23-11-15-5-7-16(8-6-15)12-24-26-22-28(10-4-2)18(14-34-22)20(31)32/h3-8,11-14H,1-2,9-10H2,(H,29,30)(H,31,32)/b23-11+,24-12+,25-21-,26-22-. The molecular formula is C22H20N6O4S2. The Kier molecular flexibility index (Phi) is 8.37. The van der Waals surface area contributed by atoms with Gasteiger partial charge in [-0.2, -0.15) is 10.2 Å². The molecule has 0 spiro atoms. The highest BCUT2D eigenvalue weighted by Crippen LogP contribution is 2.05. The molecule has 0 aliphatic carbocycles. The van der Waals surface area contributed by atoms with Crippen molar-refractivity contribution in [1.29, 1.82) is 0 Å². The van der Waals surface area contributed by atoms with Crippen LogP contribution in [-0.4, -0.2) is 43.7 Å². The Bertz CT molecular complexity index is 1300. The fourth-order valence-electron chi connectivity index (χ4n) is 2.73. The molecule has 3 rings (SSSR count). The number of carbonyl (C=O) groups is 2. The van der Waals surface area contributed by atoms with Crippen molar-refractivity contribution in [3.63, 3.8) is 0 Å². The molecule has 10 nitrogen and oxygen atoms in total. The van der Waals surface area contributed by atoms with Gasteiger partial charge < -0.3 is 19.3 Å². The smallest absolute Gasteiger partial charge is 0.353 e. The molecule has 0 radical (unpaired) electrons. The lowest BCUT2D eigenvalue weighted by atomic mass is 10.2. The molecule has 0 fully saturated rings. The van der Waals surface area contributed by atoms with E-state index in [4.69, 9.17) is 0 Å². The Morgan fingerprint density at radius 3 is 1.50 bits per heavy atom. The van der Waals surface area contributed by atoms with Gasteiger partial charge in [0, 0.05) is 23.8 Å². The van der Waals surface area contributed by atoms with Crippen LogP contribution in [0.2, 0.25) is 0 Å². The van der Waals surface area contributed by atoms with Gasteiger partial charge >= 0.3 is 11.9 Å². The average molecular weight is 497 g/mol. The van der Waals surface area contributed by atoms with E-state index >= 15 is 0 Å². The maximum absolute atomic E-state index is 11.3. The summed E-state index contributed by atoms with van der Waals surface area (Å²) in [6, 6.07) is 7.28. The summed E-state index contributed by atoms with van der Waals surface area (Å²) in [7, 11) is 0. The summed E-state index contributed by atoms with van der Waals surface area (Å²) in [5.74, 6) is -2.08. The molecule has 34 heavy (non-hydrogen) atoms. The van der Waals surface area contributed by atoms with Gasteiger partial charge in [-0.05, 0) is 11.1 Å². The van der Waals surface area contributed by atoms with Crippen LogP contribution in [0.1, 0.15) is 32.1 Å². The number of nitrogens with zero attached hydrogens (tertiary/aromatic N) is 6. The quantitative estimate of drug-likeness (QED) is 0.253. The molecule has 0 aliphatic rings. The molecule has 0 bridgehead atoms. The van der Waals surface area contributed by atoms with E-state index in [0.29, 0.717) is 22.7 Å². The zero-order valence-electron chi connectivity index (χ0n) is 17.8. The van der Waals surface area contributed by atoms with Gasteiger partial charge in [-0.15, -0.1) is 46.0 Å². The lowest BCUT2D eigenvalue weighted by molar-refractivity contribution is 0.0674. The number of thiazole rings is 2. The van der Waals surface area contributed by atoms with Crippen molar-refractivity contribution in [1.82, 2.24) is 9.13 Å². The topological polar surface area (TPSA) is 134 Å². The van der Waals surface area contributed by atoms with Gasteiger partial charge in [0.05, 0.1) is 12.4 Å². The molecular weight excluding hydrogens is 476 g/mol. The van der Waals surface area contributed by atoms with Crippen molar-refractivity contribution in [2.45, 2.75) is 13.1 Å². The Morgan fingerprint density at radius 1 is 0.794 bits per heavy atom. The maximum Gasteiger partial charge on any atom is 0.353 e. The second kappa shape index (κ2) is 11.6. The normalized spacial score (nSPS) is 12.6. The van der Waals surface area contributed by atoms with Gasteiger partial charge in [0.25, 0.3) is 0 Å². The highest BCUT2D eigenvalue weighted by Gasteiger charge is 2.11. The van der Waals surface area contributed by atoms with Gasteiger partial charge in [0.15, 0.2) is 0 Å². The molecule has 2 heterocycles. The number of hydrogen-bond acceptors (Lipinski definition) is 8. The number of rotatable bonds is 10. The summed E-state index contributed by atoms with van der Waals surface area (Å²) >= 11 is 2.37. The van der Waals surface area contributed by atoms with Crippen LogP contribution in [-0.2, 0) is 13.1 Å². The van der Waals surface area contributed by atoms with Crippen LogP contribution < -0.4 is 9.60 Å². The maximum atomic E-state index is 11.3. The van der Waals surface area contributed by atoms with E-state index in [1.54, 1.807) is 24.6 Å². The second-order valence-electron chi connectivity index (χ2n) is 6.57. The van der Waals surface area contributed by atoms with Gasteiger partial charge in [-0.1, -0.05) is 36.4 Å². The van der Waals surface area contributed by atoms with Gasteiger partial charge in [0.1, 0.15) is 11.4 Å². The van der Waals surface area contributed by atoms with Crippen LogP contribution in [0.5, 0.6) is 0 Å². The summed E-state index contributed by atoms with van der Waals surface area (Å²) in [4.78, 5) is 23.5. The fourth-order valence-corrected chi connectivity index (χ4v) is 4.41. The molecule has 0 amide bonds. The van der Waals surface area contributed by atoms with Crippen LogP contribution in [0.15, 0.2) is 80.7 Å². The molecule has 2 N–H and O–H groups in total. The molecule has 0 atom stereocenters. The summed E-state index contributed by atoms with van der Waals surface area (Å²) < 4.78 is 3.04. The Labute approximate surface area is 201 Å². The van der Waals surface area contributed by atoms with E-state index in [9.17, 15) is 19.8 Å². The molecule has 174 valence electrons. The molecule has 3 aromatic rings. The first-order valence-electron chi connectivity index (χ1n) is 9.73. The Hall–Kier alpha value is -4.16. The number of aromatic carboxylic acids is 2. The number of allylic oxidation sites excluding steroid dienone is 2. The third kappa shape index (κ3) is 5.99. The Morgan fingerprint density at radius 2 is 1.18 bits per heavy atom. The van der Waals surface area contributed by atoms with Crippen LogP contribution in [0.3, 0.4) is 0 Å². The highest BCUT2D eigenvalue weighted by molar-refractivity contribution is 7.07. The van der Waals surface area contributed by atoms with Crippen molar-refractivity contribution in [3.8, 4) is 0 Å². The molecule has 12 heteroatoms. The predicted octanol–water partition coefficient (Wildman–Crippen LogP) is 3.05. The minimum atomic E-state index is -1.04. The van der Waals surface area contributed by atoms with E-state index < -0.39 is 11.9 Å².